The van der Waals surface area contributed by atoms with Crippen molar-refractivity contribution >= 4 is 33.8 Å². The van der Waals surface area contributed by atoms with Crippen molar-refractivity contribution in [2.45, 2.75) is 6.54 Å². The van der Waals surface area contributed by atoms with Gasteiger partial charge in [0.05, 0.1) is 17.1 Å². The van der Waals surface area contributed by atoms with E-state index in [0.29, 0.717) is 11.7 Å². The van der Waals surface area contributed by atoms with Crippen molar-refractivity contribution in [3.63, 3.8) is 0 Å². The van der Waals surface area contributed by atoms with Crippen molar-refractivity contribution in [2.75, 3.05) is 5.32 Å². The molecule has 27 heavy (non-hydrogen) atoms. The Morgan fingerprint density at radius 2 is 1.67 bits per heavy atom. The first-order valence-corrected chi connectivity index (χ1v) is 10.0. The predicted octanol–water partition coefficient (Wildman–Crippen LogP) is 5.26. The van der Waals surface area contributed by atoms with Crippen LogP contribution in [0.25, 0.3) is 21.7 Å². The summed E-state index contributed by atoms with van der Waals surface area (Å²) in [5.74, 6) is 0. The van der Waals surface area contributed by atoms with E-state index in [1.807, 2.05) is 66.0 Å². The number of hydrogen-bond acceptors (Lipinski definition) is 5. The van der Waals surface area contributed by atoms with Crippen molar-refractivity contribution in [2.24, 2.45) is 0 Å². The Balaban J connectivity index is 1.33. The first-order valence-electron chi connectivity index (χ1n) is 8.34. The third kappa shape index (κ3) is 4.39. The highest BCUT2D eigenvalue weighted by atomic mass is 32.1. The van der Waals surface area contributed by atoms with Crippen molar-refractivity contribution in [3.05, 3.63) is 77.2 Å². The van der Waals surface area contributed by atoms with Crippen LogP contribution in [-0.4, -0.2) is 16.0 Å². The number of carbonyl (C=O) groups is 1. The summed E-state index contributed by atoms with van der Waals surface area (Å²) in [6, 6.07) is 19.7. The summed E-state index contributed by atoms with van der Waals surface area (Å²) in [6.07, 6.45) is 1.77. The first kappa shape index (κ1) is 17.4. The minimum absolute atomic E-state index is 0.291. The van der Waals surface area contributed by atoms with Crippen molar-refractivity contribution in [1.82, 2.24) is 15.3 Å². The topological polar surface area (TPSA) is 66.9 Å². The molecule has 0 aliphatic rings. The summed E-state index contributed by atoms with van der Waals surface area (Å²) in [7, 11) is 0. The fourth-order valence-corrected chi connectivity index (χ4v) is 4.06. The number of rotatable bonds is 5. The van der Waals surface area contributed by atoms with E-state index in [0.717, 1.165) is 26.7 Å². The zero-order chi connectivity index (χ0) is 18.5. The second-order valence-corrected chi connectivity index (χ2v) is 7.67. The molecule has 2 heterocycles. The van der Waals surface area contributed by atoms with E-state index in [1.54, 1.807) is 6.20 Å². The Morgan fingerprint density at radius 3 is 2.41 bits per heavy atom. The third-order valence-corrected chi connectivity index (χ3v) is 5.62. The van der Waals surface area contributed by atoms with Crippen LogP contribution in [-0.2, 0) is 6.54 Å². The Kier molecular flexibility index (Phi) is 5.22. The number of nitrogens with zero attached hydrogens (tertiary/aromatic N) is 2. The monoisotopic (exact) mass is 392 g/mol. The average Bonchev–Trinajstić information content (AvgIpc) is 3.37. The fraction of sp³-hybridized carbons (Fsp3) is 0.0500. The summed E-state index contributed by atoms with van der Waals surface area (Å²) >= 11 is 2.97. The number of hydrogen-bond donors (Lipinski definition) is 2. The van der Waals surface area contributed by atoms with Crippen LogP contribution < -0.4 is 10.6 Å². The van der Waals surface area contributed by atoms with Gasteiger partial charge in [0.15, 0.2) is 5.13 Å². The quantitative estimate of drug-likeness (QED) is 0.487. The van der Waals surface area contributed by atoms with Gasteiger partial charge in [0.1, 0.15) is 5.01 Å². The Morgan fingerprint density at radius 1 is 0.963 bits per heavy atom. The second kappa shape index (κ2) is 8.11. The SMILES string of the molecule is O=C(NCc1nc(-c2ccccc2)cs1)Nc1ncc(-c2ccccc2)s1. The zero-order valence-corrected chi connectivity index (χ0v) is 15.9. The second-order valence-electron chi connectivity index (χ2n) is 5.70. The molecule has 0 saturated carbocycles. The van der Waals surface area contributed by atoms with Gasteiger partial charge in [-0.2, -0.15) is 0 Å². The molecule has 0 atom stereocenters. The maximum atomic E-state index is 12.1. The van der Waals surface area contributed by atoms with Crippen LogP contribution in [0, 0.1) is 0 Å². The number of nitrogens with one attached hydrogen (secondary N) is 2. The molecule has 4 aromatic rings. The van der Waals surface area contributed by atoms with Gasteiger partial charge in [-0.25, -0.2) is 14.8 Å². The third-order valence-electron chi connectivity index (χ3n) is 3.81. The standard InChI is InChI=1S/C20H16N4OS2/c25-19(24-20-22-11-17(27-20)15-9-5-2-6-10-15)21-12-18-23-16(13-26-18)14-7-3-1-4-8-14/h1-11,13H,12H2,(H2,21,22,24,25). The van der Waals surface area contributed by atoms with E-state index in [2.05, 4.69) is 20.6 Å². The highest BCUT2D eigenvalue weighted by Crippen LogP contribution is 2.28. The van der Waals surface area contributed by atoms with E-state index in [4.69, 9.17) is 0 Å². The van der Waals surface area contributed by atoms with Gasteiger partial charge in [-0.15, -0.1) is 11.3 Å². The molecule has 0 saturated heterocycles. The predicted molar refractivity (Wildman–Crippen MR) is 111 cm³/mol. The van der Waals surface area contributed by atoms with Crippen LogP contribution in [0.4, 0.5) is 9.93 Å². The lowest BCUT2D eigenvalue weighted by Gasteiger charge is -2.03. The van der Waals surface area contributed by atoms with Gasteiger partial charge in [0.25, 0.3) is 0 Å². The van der Waals surface area contributed by atoms with Gasteiger partial charge in [-0.1, -0.05) is 72.0 Å². The molecule has 0 aliphatic carbocycles. The fourth-order valence-electron chi connectivity index (χ4n) is 2.50. The number of carbonyl (C=O) groups excluding carboxylic acids is 1. The number of anilines is 1. The van der Waals surface area contributed by atoms with E-state index < -0.39 is 0 Å². The molecule has 0 unspecified atom stereocenters. The minimum atomic E-state index is -0.291. The molecule has 0 radical (unpaired) electrons. The molecule has 2 N–H and O–H groups in total. The van der Waals surface area contributed by atoms with Crippen molar-refractivity contribution in [3.8, 4) is 21.7 Å². The molecule has 5 nitrogen and oxygen atoms in total. The van der Waals surface area contributed by atoms with Crippen LogP contribution in [0.15, 0.2) is 72.2 Å². The van der Waals surface area contributed by atoms with Gasteiger partial charge in [0.2, 0.25) is 0 Å². The molecule has 134 valence electrons. The summed E-state index contributed by atoms with van der Waals surface area (Å²) in [6.45, 7) is 0.375. The number of benzene rings is 2. The normalized spacial score (nSPS) is 10.5. The molecular formula is C20H16N4OS2. The Bertz CT molecular complexity index is 1030. The number of aromatic nitrogens is 2. The van der Waals surface area contributed by atoms with Crippen molar-refractivity contribution in [1.29, 1.82) is 0 Å². The maximum Gasteiger partial charge on any atom is 0.321 e. The first-order chi connectivity index (χ1) is 13.3. The Labute approximate surface area is 164 Å². The van der Waals surface area contributed by atoms with Crippen LogP contribution >= 0.6 is 22.7 Å². The van der Waals surface area contributed by atoms with Crippen molar-refractivity contribution < 1.29 is 4.79 Å². The van der Waals surface area contributed by atoms with Crippen LogP contribution in [0.1, 0.15) is 5.01 Å². The molecule has 2 aromatic heterocycles. The molecule has 0 bridgehead atoms. The summed E-state index contributed by atoms with van der Waals surface area (Å²) < 4.78 is 0. The van der Waals surface area contributed by atoms with Gasteiger partial charge >= 0.3 is 6.03 Å². The van der Waals surface area contributed by atoms with E-state index in [1.165, 1.54) is 22.7 Å². The maximum absolute atomic E-state index is 12.1. The van der Waals surface area contributed by atoms with E-state index >= 15 is 0 Å². The summed E-state index contributed by atoms with van der Waals surface area (Å²) in [4.78, 5) is 22.0. The summed E-state index contributed by atoms with van der Waals surface area (Å²) in [5.41, 5.74) is 3.07. The minimum Gasteiger partial charge on any atom is -0.331 e. The summed E-state index contributed by atoms with van der Waals surface area (Å²) in [5, 5.41) is 9.02. The lowest BCUT2D eigenvalue weighted by molar-refractivity contribution is 0.251. The Hall–Kier alpha value is -3.03. The number of thiazole rings is 2. The van der Waals surface area contributed by atoms with Crippen LogP contribution in [0.5, 0.6) is 0 Å². The van der Waals surface area contributed by atoms with Crippen LogP contribution in [0.3, 0.4) is 0 Å². The van der Waals surface area contributed by atoms with Gasteiger partial charge in [-0.3, -0.25) is 5.32 Å². The average molecular weight is 393 g/mol. The molecule has 0 fully saturated rings. The molecule has 0 aliphatic heterocycles. The van der Waals surface area contributed by atoms with Gasteiger partial charge in [0, 0.05) is 17.1 Å². The van der Waals surface area contributed by atoms with E-state index in [9.17, 15) is 4.79 Å². The van der Waals surface area contributed by atoms with E-state index in [-0.39, 0.29) is 6.03 Å². The number of urea groups is 1. The molecule has 0 spiro atoms. The molecular weight excluding hydrogens is 376 g/mol. The highest BCUT2D eigenvalue weighted by Gasteiger charge is 2.09. The molecule has 4 rings (SSSR count). The lowest BCUT2D eigenvalue weighted by atomic mass is 10.2. The largest absolute Gasteiger partial charge is 0.331 e. The molecule has 2 amide bonds. The lowest BCUT2D eigenvalue weighted by Crippen LogP contribution is -2.28. The zero-order valence-electron chi connectivity index (χ0n) is 14.3. The van der Waals surface area contributed by atoms with Crippen LogP contribution in [0.2, 0.25) is 0 Å². The smallest absolute Gasteiger partial charge is 0.321 e. The van der Waals surface area contributed by atoms with Gasteiger partial charge < -0.3 is 5.32 Å². The highest BCUT2D eigenvalue weighted by molar-refractivity contribution is 7.19. The van der Waals surface area contributed by atoms with Gasteiger partial charge in [-0.05, 0) is 5.56 Å². The molecule has 2 aromatic carbocycles. The molecule has 7 heteroatoms. The number of amides is 2.